The van der Waals surface area contributed by atoms with Crippen molar-refractivity contribution in [3.63, 3.8) is 0 Å². The Balaban J connectivity index is 1.86. The number of hydrogen-bond donors (Lipinski definition) is 1. The van der Waals surface area contributed by atoms with E-state index in [1.54, 1.807) is 0 Å². The zero-order valence-electron chi connectivity index (χ0n) is 11.5. The van der Waals surface area contributed by atoms with Crippen LogP contribution in [0, 0.1) is 0 Å². The molecule has 0 unspecified atom stereocenters. The van der Waals surface area contributed by atoms with Gasteiger partial charge < -0.3 is 0 Å². The van der Waals surface area contributed by atoms with Gasteiger partial charge in [-0.1, -0.05) is 54.6 Å². The second-order valence-corrected chi connectivity index (χ2v) is 5.13. The molecular weight excluding hydrogens is 256 g/mol. The van der Waals surface area contributed by atoms with Gasteiger partial charge in [0.15, 0.2) is 0 Å². The fraction of sp³-hybridized carbons (Fsp3) is 0. The third kappa shape index (κ3) is 2.21. The number of nitrogens with zero attached hydrogens (tertiary/aromatic N) is 1. The minimum atomic E-state index is 1.11. The number of rotatable bonds is 2. The summed E-state index contributed by atoms with van der Waals surface area (Å²) >= 11 is 0. The lowest BCUT2D eigenvalue weighted by molar-refractivity contribution is 1.09. The summed E-state index contributed by atoms with van der Waals surface area (Å²) in [5, 5.41) is 9.38. The number of hydrogen-bond acceptors (Lipinski definition) is 1. The zero-order chi connectivity index (χ0) is 14.1. The Labute approximate surface area is 123 Å². The molecule has 0 aliphatic rings. The summed E-state index contributed by atoms with van der Waals surface area (Å²) in [5.74, 6) is 0. The van der Waals surface area contributed by atoms with E-state index < -0.39 is 0 Å². The Morgan fingerprint density at radius 1 is 0.619 bits per heavy atom. The highest BCUT2D eigenvalue weighted by atomic mass is 15.1. The summed E-state index contributed by atoms with van der Waals surface area (Å²) in [6.07, 6.45) is 3.77. The molecule has 2 heteroatoms. The predicted octanol–water partition coefficient (Wildman–Crippen LogP) is 4.90. The van der Waals surface area contributed by atoms with Crippen molar-refractivity contribution >= 4 is 10.8 Å². The molecule has 0 amide bonds. The maximum absolute atomic E-state index is 4.02. The van der Waals surface area contributed by atoms with Crippen molar-refractivity contribution in [2.75, 3.05) is 0 Å². The molecule has 0 atom stereocenters. The molecule has 0 saturated heterocycles. The van der Waals surface area contributed by atoms with Crippen molar-refractivity contribution in [1.82, 2.24) is 10.2 Å². The van der Waals surface area contributed by atoms with Crippen LogP contribution >= 0.6 is 0 Å². The Morgan fingerprint density at radius 3 is 2.00 bits per heavy atom. The maximum Gasteiger partial charge on any atom is 0.0565 e. The van der Waals surface area contributed by atoms with Crippen molar-refractivity contribution < 1.29 is 0 Å². The third-order valence-electron chi connectivity index (χ3n) is 3.78. The van der Waals surface area contributed by atoms with Gasteiger partial charge in [0.05, 0.1) is 6.20 Å². The molecule has 0 fully saturated rings. The highest BCUT2D eigenvalue weighted by Crippen LogP contribution is 2.28. The van der Waals surface area contributed by atoms with E-state index in [0.717, 1.165) is 5.56 Å². The number of benzene rings is 3. The van der Waals surface area contributed by atoms with Crippen LogP contribution in [0.5, 0.6) is 0 Å². The molecular formula is C19H14N2. The number of nitrogens with one attached hydrogen (secondary N) is 1. The van der Waals surface area contributed by atoms with Gasteiger partial charge in [-0.2, -0.15) is 5.10 Å². The molecule has 1 N–H and O–H groups in total. The van der Waals surface area contributed by atoms with E-state index in [2.05, 4.69) is 70.9 Å². The van der Waals surface area contributed by atoms with Gasteiger partial charge in [-0.05, 0) is 39.6 Å². The van der Waals surface area contributed by atoms with Crippen LogP contribution in [0.25, 0.3) is 33.0 Å². The summed E-state index contributed by atoms with van der Waals surface area (Å²) in [6.45, 7) is 0. The number of aromatic nitrogens is 2. The first kappa shape index (κ1) is 11.9. The van der Waals surface area contributed by atoms with E-state index in [-0.39, 0.29) is 0 Å². The van der Waals surface area contributed by atoms with Gasteiger partial charge in [-0.15, -0.1) is 0 Å². The van der Waals surface area contributed by atoms with Crippen molar-refractivity contribution in [2.24, 2.45) is 0 Å². The average molecular weight is 270 g/mol. The molecule has 0 aliphatic heterocycles. The van der Waals surface area contributed by atoms with Gasteiger partial charge in [0.1, 0.15) is 0 Å². The minimum absolute atomic E-state index is 1.11. The van der Waals surface area contributed by atoms with E-state index in [1.165, 1.54) is 27.5 Å². The maximum atomic E-state index is 4.02. The number of fused-ring (bicyclic) bond motifs is 1. The SMILES string of the molecule is c1ccc(-c2ccc3ccc(-c4cn[nH]c4)cc3c2)cc1. The van der Waals surface area contributed by atoms with Crippen LogP contribution in [-0.4, -0.2) is 10.2 Å². The van der Waals surface area contributed by atoms with Gasteiger partial charge in [0, 0.05) is 11.8 Å². The molecule has 0 spiro atoms. The van der Waals surface area contributed by atoms with Crippen LogP contribution in [0.2, 0.25) is 0 Å². The molecule has 1 aromatic heterocycles. The van der Waals surface area contributed by atoms with Gasteiger partial charge in [-0.25, -0.2) is 0 Å². The summed E-state index contributed by atoms with van der Waals surface area (Å²) in [6, 6.07) is 23.6. The lowest BCUT2D eigenvalue weighted by Gasteiger charge is -2.06. The summed E-state index contributed by atoms with van der Waals surface area (Å²) in [5.41, 5.74) is 4.78. The smallest absolute Gasteiger partial charge is 0.0565 e. The molecule has 1 heterocycles. The lowest BCUT2D eigenvalue weighted by atomic mass is 9.99. The predicted molar refractivity (Wildman–Crippen MR) is 87.0 cm³/mol. The van der Waals surface area contributed by atoms with Gasteiger partial charge in [0.25, 0.3) is 0 Å². The molecule has 0 bridgehead atoms. The van der Waals surface area contributed by atoms with Crippen LogP contribution in [0.4, 0.5) is 0 Å². The quantitative estimate of drug-likeness (QED) is 0.551. The van der Waals surface area contributed by atoms with Crippen molar-refractivity contribution in [3.8, 4) is 22.3 Å². The molecule has 0 saturated carbocycles. The highest BCUT2D eigenvalue weighted by Gasteiger charge is 2.03. The summed E-state index contributed by atoms with van der Waals surface area (Å²) in [7, 11) is 0. The second-order valence-electron chi connectivity index (χ2n) is 5.13. The molecule has 100 valence electrons. The first-order valence-corrected chi connectivity index (χ1v) is 6.98. The molecule has 21 heavy (non-hydrogen) atoms. The van der Waals surface area contributed by atoms with E-state index in [9.17, 15) is 0 Å². The molecule has 0 radical (unpaired) electrons. The van der Waals surface area contributed by atoms with E-state index in [1.807, 2.05) is 18.5 Å². The number of H-pyrrole nitrogens is 1. The molecule has 2 nitrogen and oxygen atoms in total. The van der Waals surface area contributed by atoms with Crippen molar-refractivity contribution in [2.45, 2.75) is 0 Å². The fourth-order valence-corrected chi connectivity index (χ4v) is 2.65. The lowest BCUT2D eigenvalue weighted by Crippen LogP contribution is -1.80. The molecule has 4 rings (SSSR count). The van der Waals surface area contributed by atoms with Crippen LogP contribution in [0.3, 0.4) is 0 Å². The zero-order valence-corrected chi connectivity index (χ0v) is 11.5. The highest BCUT2D eigenvalue weighted by molar-refractivity contribution is 5.90. The Hall–Kier alpha value is -2.87. The second kappa shape index (κ2) is 4.91. The Bertz CT molecular complexity index is 878. The molecule has 3 aromatic carbocycles. The average Bonchev–Trinajstić information content (AvgIpc) is 3.09. The first-order chi connectivity index (χ1) is 10.4. The summed E-state index contributed by atoms with van der Waals surface area (Å²) < 4.78 is 0. The third-order valence-corrected chi connectivity index (χ3v) is 3.78. The van der Waals surface area contributed by atoms with Crippen LogP contribution in [-0.2, 0) is 0 Å². The number of aromatic amines is 1. The van der Waals surface area contributed by atoms with E-state index in [4.69, 9.17) is 0 Å². The fourth-order valence-electron chi connectivity index (χ4n) is 2.65. The standard InChI is InChI=1S/C19H14N2/c1-2-4-14(5-3-1)16-8-6-15-7-9-17(11-18(15)10-16)19-12-20-21-13-19/h1-13H,(H,20,21). The van der Waals surface area contributed by atoms with Crippen LogP contribution < -0.4 is 0 Å². The van der Waals surface area contributed by atoms with E-state index in [0.29, 0.717) is 0 Å². The van der Waals surface area contributed by atoms with Gasteiger partial charge in [0.2, 0.25) is 0 Å². The summed E-state index contributed by atoms with van der Waals surface area (Å²) in [4.78, 5) is 0. The van der Waals surface area contributed by atoms with Gasteiger partial charge >= 0.3 is 0 Å². The Morgan fingerprint density at radius 2 is 1.33 bits per heavy atom. The monoisotopic (exact) mass is 270 g/mol. The Kier molecular flexibility index (Phi) is 2.79. The van der Waals surface area contributed by atoms with Crippen LogP contribution in [0.15, 0.2) is 79.1 Å². The van der Waals surface area contributed by atoms with Crippen LogP contribution in [0.1, 0.15) is 0 Å². The van der Waals surface area contributed by atoms with Crippen molar-refractivity contribution in [3.05, 3.63) is 79.1 Å². The van der Waals surface area contributed by atoms with E-state index >= 15 is 0 Å². The topological polar surface area (TPSA) is 28.7 Å². The molecule has 4 aromatic rings. The van der Waals surface area contributed by atoms with Crippen molar-refractivity contribution in [1.29, 1.82) is 0 Å². The van der Waals surface area contributed by atoms with Gasteiger partial charge in [-0.3, -0.25) is 5.10 Å². The normalized spacial score (nSPS) is 10.9. The largest absolute Gasteiger partial charge is 0.285 e. The first-order valence-electron chi connectivity index (χ1n) is 6.98. The molecule has 0 aliphatic carbocycles. The minimum Gasteiger partial charge on any atom is -0.285 e.